The van der Waals surface area contributed by atoms with Crippen molar-refractivity contribution in [1.29, 1.82) is 0 Å². The summed E-state index contributed by atoms with van der Waals surface area (Å²) in [6.45, 7) is 10.6. The van der Waals surface area contributed by atoms with Crippen LogP contribution in [-0.2, 0) is 9.31 Å². The second-order valence-corrected chi connectivity index (χ2v) is 5.88. The van der Waals surface area contributed by atoms with Gasteiger partial charge in [0.2, 0.25) is 0 Å². The Morgan fingerprint density at radius 2 is 1.47 bits per heavy atom. The SMILES string of the molecule is CCCC=CCCCB1OC(C)(C)C(C)(C)O1. The van der Waals surface area contributed by atoms with Gasteiger partial charge in [0.1, 0.15) is 0 Å². The van der Waals surface area contributed by atoms with E-state index in [2.05, 4.69) is 46.8 Å². The molecular weight excluding hydrogens is 211 g/mol. The van der Waals surface area contributed by atoms with Crippen molar-refractivity contribution in [3.05, 3.63) is 12.2 Å². The zero-order valence-electron chi connectivity index (χ0n) is 12.1. The first-order valence-corrected chi connectivity index (χ1v) is 6.89. The van der Waals surface area contributed by atoms with Gasteiger partial charge in [0.15, 0.2) is 0 Å². The molecule has 0 saturated carbocycles. The molecule has 1 rings (SSSR count). The summed E-state index contributed by atoms with van der Waals surface area (Å²) in [6, 6.07) is 0. The van der Waals surface area contributed by atoms with Gasteiger partial charge in [-0.15, -0.1) is 0 Å². The average Bonchev–Trinajstić information content (AvgIpc) is 2.41. The maximum Gasteiger partial charge on any atom is 0.457 e. The Morgan fingerprint density at radius 1 is 0.941 bits per heavy atom. The molecule has 0 aromatic carbocycles. The molecule has 98 valence electrons. The highest BCUT2D eigenvalue weighted by Crippen LogP contribution is 2.38. The molecule has 0 bridgehead atoms. The van der Waals surface area contributed by atoms with Crippen LogP contribution in [-0.4, -0.2) is 18.3 Å². The van der Waals surface area contributed by atoms with E-state index in [0.29, 0.717) is 0 Å². The molecule has 17 heavy (non-hydrogen) atoms. The van der Waals surface area contributed by atoms with Gasteiger partial charge < -0.3 is 9.31 Å². The first kappa shape index (κ1) is 14.8. The van der Waals surface area contributed by atoms with E-state index in [1.54, 1.807) is 0 Å². The van der Waals surface area contributed by atoms with Crippen LogP contribution in [0, 0.1) is 0 Å². The predicted octanol–water partition coefficient (Wildman–Crippen LogP) is 4.22. The fourth-order valence-corrected chi connectivity index (χ4v) is 1.89. The molecule has 1 aliphatic heterocycles. The number of rotatable bonds is 6. The standard InChI is InChI=1S/C14H27BO2/c1-6-7-8-9-10-11-12-15-16-13(2,3)14(4,5)17-15/h8-9H,6-7,10-12H2,1-5H3. The summed E-state index contributed by atoms with van der Waals surface area (Å²) in [5.41, 5.74) is -0.370. The molecule has 3 heteroatoms. The van der Waals surface area contributed by atoms with Gasteiger partial charge in [0.25, 0.3) is 0 Å². The highest BCUT2D eigenvalue weighted by molar-refractivity contribution is 6.45. The van der Waals surface area contributed by atoms with Crippen LogP contribution in [0.25, 0.3) is 0 Å². The second-order valence-electron chi connectivity index (χ2n) is 5.88. The molecule has 0 amide bonds. The third kappa shape index (κ3) is 4.15. The molecule has 0 aromatic rings. The molecule has 0 unspecified atom stereocenters. The topological polar surface area (TPSA) is 18.5 Å². The van der Waals surface area contributed by atoms with Crippen LogP contribution in [0.3, 0.4) is 0 Å². The van der Waals surface area contributed by atoms with E-state index in [4.69, 9.17) is 9.31 Å². The second kappa shape index (κ2) is 6.06. The highest BCUT2D eigenvalue weighted by Gasteiger charge is 2.50. The number of hydrogen-bond donors (Lipinski definition) is 0. The highest BCUT2D eigenvalue weighted by atomic mass is 16.7. The predicted molar refractivity (Wildman–Crippen MR) is 74.2 cm³/mol. The molecule has 0 aromatic heterocycles. The van der Waals surface area contributed by atoms with E-state index >= 15 is 0 Å². The molecule has 0 atom stereocenters. The van der Waals surface area contributed by atoms with Crippen molar-refractivity contribution in [1.82, 2.24) is 0 Å². The lowest BCUT2D eigenvalue weighted by Gasteiger charge is -2.32. The fourth-order valence-electron chi connectivity index (χ4n) is 1.89. The Bertz CT molecular complexity index is 243. The molecule has 1 heterocycles. The van der Waals surface area contributed by atoms with Gasteiger partial charge in [-0.2, -0.15) is 0 Å². The quantitative estimate of drug-likeness (QED) is 0.392. The fraction of sp³-hybridized carbons (Fsp3) is 0.857. The van der Waals surface area contributed by atoms with E-state index in [-0.39, 0.29) is 18.3 Å². The lowest BCUT2D eigenvalue weighted by molar-refractivity contribution is 0.00578. The normalized spacial score (nSPS) is 22.5. The minimum Gasteiger partial charge on any atom is -0.403 e. The van der Waals surface area contributed by atoms with Crippen LogP contribution in [0.5, 0.6) is 0 Å². The summed E-state index contributed by atoms with van der Waals surface area (Å²) in [7, 11) is -0.0282. The summed E-state index contributed by atoms with van der Waals surface area (Å²) < 4.78 is 11.9. The largest absolute Gasteiger partial charge is 0.457 e. The van der Waals surface area contributed by atoms with Gasteiger partial charge in [-0.3, -0.25) is 0 Å². The van der Waals surface area contributed by atoms with Crippen LogP contribution < -0.4 is 0 Å². The Kier molecular flexibility index (Phi) is 5.27. The summed E-state index contributed by atoms with van der Waals surface area (Å²) >= 11 is 0. The van der Waals surface area contributed by atoms with Crippen molar-refractivity contribution < 1.29 is 9.31 Å². The molecule has 1 aliphatic rings. The minimum absolute atomic E-state index is 0.0282. The summed E-state index contributed by atoms with van der Waals surface area (Å²) in [4.78, 5) is 0. The van der Waals surface area contributed by atoms with Crippen LogP contribution in [0.15, 0.2) is 12.2 Å². The number of unbranched alkanes of at least 4 members (excludes halogenated alkanes) is 2. The molecule has 1 saturated heterocycles. The average molecular weight is 238 g/mol. The molecule has 0 radical (unpaired) electrons. The lowest BCUT2D eigenvalue weighted by atomic mass is 9.82. The van der Waals surface area contributed by atoms with E-state index < -0.39 is 0 Å². The van der Waals surface area contributed by atoms with Gasteiger partial charge in [-0.25, -0.2) is 0 Å². The van der Waals surface area contributed by atoms with E-state index in [0.717, 1.165) is 19.2 Å². The maximum atomic E-state index is 5.95. The van der Waals surface area contributed by atoms with E-state index in [1.807, 2.05) is 0 Å². The van der Waals surface area contributed by atoms with E-state index in [1.165, 1.54) is 12.8 Å². The number of allylic oxidation sites excluding steroid dienone is 2. The van der Waals surface area contributed by atoms with Crippen LogP contribution in [0.1, 0.15) is 60.3 Å². The number of hydrogen-bond acceptors (Lipinski definition) is 2. The van der Waals surface area contributed by atoms with Gasteiger partial charge in [0, 0.05) is 0 Å². The molecule has 2 nitrogen and oxygen atoms in total. The maximum absolute atomic E-state index is 5.95. The molecule has 0 spiro atoms. The van der Waals surface area contributed by atoms with Crippen LogP contribution in [0.4, 0.5) is 0 Å². The van der Waals surface area contributed by atoms with Gasteiger partial charge in [-0.05, 0) is 46.9 Å². The Balaban J connectivity index is 2.22. The first-order chi connectivity index (χ1) is 7.89. The third-order valence-corrected chi connectivity index (χ3v) is 3.73. The Morgan fingerprint density at radius 3 is 2.00 bits per heavy atom. The summed E-state index contributed by atoms with van der Waals surface area (Å²) in [6.07, 6.45) is 10.2. The zero-order chi connectivity index (χ0) is 12.9. The van der Waals surface area contributed by atoms with Crippen LogP contribution >= 0.6 is 0 Å². The van der Waals surface area contributed by atoms with Gasteiger partial charge in [-0.1, -0.05) is 31.9 Å². The van der Waals surface area contributed by atoms with Crippen molar-refractivity contribution in [2.75, 3.05) is 0 Å². The zero-order valence-corrected chi connectivity index (χ0v) is 12.1. The van der Waals surface area contributed by atoms with Crippen molar-refractivity contribution in [2.45, 2.75) is 77.8 Å². The summed E-state index contributed by atoms with van der Waals surface area (Å²) in [5.74, 6) is 0. The van der Waals surface area contributed by atoms with Gasteiger partial charge >= 0.3 is 7.12 Å². The monoisotopic (exact) mass is 238 g/mol. The lowest BCUT2D eigenvalue weighted by Crippen LogP contribution is -2.41. The van der Waals surface area contributed by atoms with Crippen molar-refractivity contribution in [2.24, 2.45) is 0 Å². The molecule has 1 fully saturated rings. The van der Waals surface area contributed by atoms with Crippen molar-refractivity contribution in [3.63, 3.8) is 0 Å². The van der Waals surface area contributed by atoms with Crippen LogP contribution in [0.2, 0.25) is 6.32 Å². The summed E-state index contributed by atoms with van der Waals surface area (Å²) in [5, 5.41) is 0. The van der Waals surface area contributed by atoms with Crippen molar-refractivity contribution >= 4 is 7.12 Å². The minimum atomic E-state index is -0.185. The van der Waals surface area contributed by atoms with Crippen molar-refractivity contribution in [3.8, 4) is 0 Å². The van der Waals surface area contributed by atoms with E-state index in [9.17, 15) is 0 Å². The first-order valence-electron chi connectivity index (χ1n) is 6.89. The molecule has 0 aliphatic carbocycles. The third-order valence-electron chi connectivity index (χ3n) is 3.73. The Labute approximate surface area is 107 Å². The smallest absolute Gasteiger partial charge is 0.403 e. The van der Waals surface area contributed by atoms with Gasteiger partial charge in [0.05, 0.1) is 11.2 Å². The molecule has 0 N–H and O–H groups in total. The molecular formula is C14H27BO2. The Hall–Kier alpha value is -0.275.